The number of unbranched alkanes of at least 4 members (excludes halogenated alkanes) is 1. The molecule has 0 aliphatic heterocycles. The van der Waals surface area contributed by atoms with Crippen molar-refractivity contribution in [2.45, 2.75) is 26.2 Å². The van der Waals surface area contributed by atoms with Gasteiger partial charge in [0.15, 0.2) is 0 Å². The molecular weight excluding hydrogens is 180 g/mol. The SMILES string of the molecule is CCCCOCCNC(=O)C(F)F. The zero-order valence-corrected chi connectivity index (χ0v) is 7.69. The first-order valence-corrected chi connectivity index (χ1v) is 4.32. The van der Waals surface area contributed by atoms with E-state index in [1.807, 2.05) is 12.2 Å². The number of alkyl halides is 2. The van der Waals surface area contributed by atoms with Crippen molar-refractivity contribution in [3.05, 3.63) is 0 Å². The number of hydrogen-bond donors (Lipinski definition) is 1. The van der Waals surface area contributed by atoms with Gasteiger partial charge in [-0.05, 0) is 6.42 Å². The number of carbonyl (C=O) groups is 1. The number of nitrogens with one attached hydrogen (secondary N) is 1. The molecule has 0 aromatic carbocycles. The Morgan fingerprint density at radius 1 is 1.46 bits per heavy atom. The monoisotopic (exact) mass is 195 g/mol. The van der Waals surface area contributed by atoms with Crippen LogP contribution >= 0.6 is 0 Å². The molecule has 0 unspecified atom stereocenters. The fourth-order valence-corrected chi connectivity index (χ4v) is 0.672. The molecule has 0 rings (SSSR count). The average molecular weight is 195 g/mol. The molecule has 78 valence electrons. The standard InChI is InChI=1S/C8H15F2NO2/c1-2-3-5-13-6-4-11-8(12)7(9)10/h7H,2-6H2,1H3,(H,11,12). The van der Waals surface area contributed by atoms with E-state index in [0.717, 1.165) is 12.8 Å². The lowest BCUT2D eigenvalue weighted by molar-refractivity contribution is -0.131. The first-order chi connectivity index (χ1) is 6.18. The van der Waals surface area contributed by atoms with Gasteiger partial charge in [0.2, 0.25) is 0 Å². The molecule has 0 aromatic heterocycles. The summed E-state index contributed by atoms with van der Waals surface area (Å²) in [6, 6.07) is 0. The Balaban J connectivity index is 3.12. The third-order valence-electron chi connectivity index (χ3n) is 1.39. The zero-order valence-electron chi connectivity index (χ0n) is 7.69. The Bertz CT molecular complexity index is 142. The van der Waals surface area contributed by atoms with Gasteiger partial charge in [0.25, 0.3) is 5.91 Å². The Labute approximate surface area is 76.4 Å². The molecule has 3 nitrogen and oxygen atoms in total. The molecule has 0 saturated carbocycles. The molecule has 0 aliphatic carbocycles. The molecule has 0 aliphatic rings. The highest BCUT2D eigenvalue weighted by atomic mass is 19.3. The Morgan fingerprint density at radius 2 is 2.15 bits per heavy atom. The minimum Gasteiger partial charge on any atom is -0.380 e. The molecule has 1 N–H and O–H groups in total. The number of ether oxygens (including phenoxy) is 1. The zero-order chi connectivity index (χ0) is 10.1. The van der Waals surface area contributed by atoms with Gasteiger partial charge in [-0.15, -0.1) is 0 Å². The van der Waals surface area contributed by atoms with Crippen LogP contribution in [0.3, 0.4) is 0 Å². The van der Waals surface area contributed by atoms with Crippen molar-refractivity contribution in [3.8, 4) is 0 Å². The molecule has 0 spiro atoms. The van der Waals surface area contributed by atoms with Crippen LogP contribution in [0.25, 0.3) is 0 Å². The van der Waals surface area contributed by atoms with Crippen LogP contribution in [-0.2, 0) is 9.53 Å². The number of hydrogen-bond acceptors (Lipinski definition) is 2. The van der Waals surface area contributed by atoms with Crippen LogP contribution < -0.4 is 5.32 Å². The molecule has 0 fully saturated rings. The lowest BCUT2D eigenvalue weighted by Gasteiger charge is -2.04. The minimum absolute atomic E-state index is 0.146. The van der Waals surface area contributed by atoms with E-state index >= 15 is 0 Å². The van der Waals surface area contributed by atoms with E-state index in [9.17, 15) is 13.6 Å². The topological polar surface area (TPSA) is 38.3 Å². The molecule has 0 bridgehead atoms. The fourth-order valence-electron chi connectivity index (χ4n) is 0.672. The van der Waals surface area contributed by atoms with E-state index in [0.29, 0.717) is 13.2 Å². The van der Waals surface area contributed by atoms with Crippen LogP contribution in [-0.4, -0.2) is 32.1 Å². The molecular formula is C8H15F2NO2. The summed E-state index contributed by atoms with van der Waals surface area (Å²) < 4.78 is 28.3. The van der Waals surface area contributed by atoms with Crippen molar-refractivity contribution < 1.29 is 18.3 Å². The van der Waals surface area contributed by atoms with Crippen molar-refractivity contribution in [1.82, 2.24) is 5.32 Å². The number of amides is 1. The lowest BCUT2D eigenvalue weighted by Crippen LogP contribution is -2.32. The van der Waals surface area contributed by atoms with Gasteiger partial charge in [0.05, 0.1) is 6.61 Å². The van der Waals surface area contributed by atoms with E-state index in [2.05, 4.69) is 0 Å². The number of rotatable bonds is 7. The van der Waals surface area contributed by atoms with E-state index in [-0.39, 0.29) is 6.54 Å². The fraction of sp³-hybridized carbons (Fsp3) is 0.875. The van der Waals surface area contributed by atoms with Gasteiger partial charge < -0.3 is 10.1 Å². The van der Waals surface area contributed by atoms with Gasteiger partial charge in [-0.3, -0.25) is 4.79 Å². The third kappa shape index (κ3) is 7.64. The summed E-state index contributed by atoms with van der Waals surface area (Å²) >= 11 is 0. The lowest BCUT2D eigenvalue weighted by atomic mass is 10.4. The molecule has 0 aromatic rings. The second kappa shape index (κ2) is 7.91. The Morgan fingerprint density at radius 3 is 2.69 bits per heavy atom. The maximum atomic E-state index is 11.6. The first kappa shape index (κ1) is 12.3. The maximum absolute atomic E-state index is 11.6. The smallest absolute Gasteiger partial charge is 0.315 e. The van der Waals surface area contributed by atoms with Gasteiger partial charge in [0, 0.05) is 13.2 Å². The van der Waals surface area contributed by atoms with E-state index < -0.39 is 12.3 Å². The molecule has 0 radical (unpaired) electrons. The largest absolute Gasteiger partial charge is 0.380 e. The predicted molar refractivity (Wildman–Crippen MR) is 44.7 cm³/mol. The van der Waals surface area contributed by atoms with Gasteiger partial charge in [-0.25, -0.2) is 0 Å². The maximum Gasteiger partial charge on any atom is 0.315 e. The second-order valence-corrected chi connectivity index (χ2v) is 2.56. The van der Waals surface area contributed by atoms with Crippen LogP contribution in [0.5, 0.6) is 0 Å². The molecule has 0 atom stereocenters. The number of halogens is 2. The molecule has 5 heteroatoms. The van der Waals surface area contributed by atoms with Gasteiger partial charge in [-0.2, -0.15) is 8.78 Å². The molecule has 13 heavy (non-hydrogen) atoms. The Hall–Kier alpha value is -0.710. The second-order valence-electron chi connectivity index (χ2n) is 2.56. The average Bonchev–Trinajstić information content (AvgIpc) is 2.10. The van der Waals surface area contributed by atoms with Gasteiger partial charge >= 0.3 is 6.43 Å². The minimum atomic E-state index is -2.93. The van der Waals surface area contributed by atoms with E-state index in [4.69, 9.17) is 4.74 Å². The third-order valence-corrected chi connectivity index (χ3v) is 1.39. The summed E-state index contributed by atoms with van der Waals surface area (Å²) in [5.74, 6) is -1.24. The summed E-state index contributed by atoms with van der Waals surface area (Å²) in [7, 11) is 0. The van der Waals surface area contributed by atoms with Gasteiger partial charge in [-0.1, -0.05) is 13.3 Å². The summed E-state index contributed by atoms with van der Waals surface area (Å²) in [4.78, 5) is 10.3. The highest BCUT2D eigenvalue weighted by molar-refractivity contribution is 5.78. The highest BCUT2D eigenvalue weighted by Gasteiger charge is 2.13. The van der Waals surface area contributed by atoms with Crippen LogP contribution in [0.4, 0.5) is 8.78 Å². The van der Waals surface area contributed by atoms with Crippen molar-refractivity contribution in [3.63, 3.8) is 0 Å². The van der Waals surface area contributed by atoms with Crippen molar-refractivity contribution in [1.29, 1.82) is 0 Å². The quantitative estimate of drug-likeness (QED) is 0.619. The van der Waals surface area contributed by atoms with Gasteiger partial charge in [0.1, 0.15) is 0 Å². The van der Waals surface area contributed by atoms with Crippen molar-refractivity contribution >= 4 is 5.91 Å². The van der Waals surface area contributed by atoms with Crippen molar-refractivity contribution in [2.24, 2.45) is 0 Å². The summed E-state index contributed by atoms with van der Waals surface area (Å²) in [5, 5.41) is 2.05. The molecule has 0 saturated heterocycles. The van der Waals surface area contributed by atoms with Crippen LogP contribution in [0.2, 0.25) is 0 Å². The van der Waals surface area contributed by atoms with Crippen LogP contribution in [0, 0.1) is 0 Å². The summed E-state index contributed by atoms with van der Waals surface area (Å²) in [6.07, 6.45) is -0.956. The van der Waals surface area contributed by atoms with E-state index in [1.165, 1.54) is 0 Å². The summed E-state index contributed by atoms with van der Waals surface area (Å²) in [6.45, 7) is 3.08. The Kier molecular flexibility index (Phi) is 7.48. The highest BCUT2D eigenvalue weighted by Crippen LogP contribution is 1.90. The van der Waals surface area contributed by atoms with Crippen LogP contribution in [0.15, 0.2) is 0 Å². The van der Waals surface area contributed by atoms with Crippen LogP contribution in [0.1, 0.15) is 19.8 Å². The van der Waals surface area contributed by atoms with Crippen molar-refractivity contribution in [2.75, 3.05) is 19.8 Å². The predicted octanol–water partition coefficient (Wildman–Crippen LogP) is 1.18. The summed E-state index contributed by atoms with van der Waals surface area (Å²) in [5.41, 5.74) is 0. The normalized spacial score (nSPS) is 10.5. The number of carbonyl (C=O) groups excluding carboxylic acids is 1. The molecule has 1 amide bonds. The molecule has 0 heterocycles. The first-order valence-electron chi connectivity index (χ1n) is 4.32. The van der Waals surface area contributed by atoms with E-state index in [1.54, 1.807) is 0 Å².